The zero-order valence-electron chi connectivity index (χ0n) is 16.0. The summed E-state index contributed by atoms with van der Waals surface area (Å²) < 4.78 is 11.5. The van der Waals surface area contributed by atoms with Crippen molar-refractivity contribution in [2.24, 2.45) is 0 Å². The standard InChI is InChI=1S/C23H24O4/c1-4-8-20(24)26-22-16-10-6-7-11-17(16)23(27-21(25)9-5-2)19-14-15(3)12-13-18(19)22/h6-7,10-14H,4-5,8-9H2,1-3H3. The van der Waals surface area contributed by atoms with Gasteiger partial charge in [-0.2, -0.15) is 0 Å². The molecule has 0 aromatic heterocycles. The largest absolute Gasteiger partial charge is 0.425 e. The Bertz CT molecular complexity index is 1000. The van der Waals surface area contributed by atoms with Crippen molar-refractivity contribution in [3.63, 3.8) is 0 Å². The van der Waals surface area contributed by atoms with E-state index < -0.39 is 0 Å². The third-order valence-corrected chi connectivity index (χ3v) is 4.42. The molecular weight excluding hydrogens is 340 g/mol. The van der Waals surface area contributed by atoms with Crippen LogP contribution >= 0.6 is 0 Å². The van der Waals surface area contributed by atoms with Gasteiger partial charge in [-0.1, -0.05) is 55.8 Å². The summed E-state index contributed by atoms with van der Waals surface area (Å²) in [5, 5.41) is 3.07. The fourth-order valence-electron chi connectivity index (χ4n) is 3.17. The van der Waals surface area contributed by atoms with Crippen molar-refractivity contribution in [2.45, 2.75) is 46.5 Å². The van der Waals surface area contributed by atoms with E-state index >= 15 is 0 Å². The average Bonchev–Trinajstić information content (AvgIpc) is 2.64. The van der Waals surface area contributed by atoms with Crippen LogP contribution in [0.5, 0.6) is 11.5 Å². The maximum Gasteiger partial charge on any atom is 0.311 e. The molecule has 0 aliphatic carbocycles. The molecule has 0 fully saturated rings. The van der Waals surface area contributed by atoms with Crippen LogP contribution in [-0.2, 0) is 9.59 Å². The lowest BCUT2D eigenvalue weighted by Crippen LogP contribution is -2.10. The van der Waals surface area contributed by atoms with Crippen LogP contribution in [0.25, 0.3) is 21.5 Å². The highest BCUT2D eigenvalue weighted by molar-refractivity contribution is 6.12. The second kappa shape index (κ2) is 8.21. The number of esters is 2. The summed E-state index contributed by atoms with van der Waals surface area (Å²) in [4.78, 5) is 24.4. The first kappa shape index (κ1) is 18.9. The molecule has 140 valence electrons. The van der Waals surface area contributed by atoms with Gasteiger partial charge in [-0.3, -0.25) is 9.59 Å². The summed E-state index contributed by atoms with van der Waals surface area (Å²) in [7, 11) is 0. The van der Waals surface area contributed by atoms with Crippen molar-refractivity contribution >= 4 is 33.5 Å². The van der Waals surface area contributed by atoms with Crippen LogP contribution in [0.2, 0.25) is 0 Å². The Morgan fingerprint density at radius 1 is 0.741 bits per heavy atom. The van der Waals surface area contributed by atoms with Gasteiger partial charge in [-0.15, -0.1) is 0 Å². The van der Waals surface area contributed by atoms with Crippen LogP contribution in [0.4, 0.5) is 0 Å². The molecular formula is C23H24O4. The first-order chi connectivity index (χ1) is 13.0. The fourth-order valence-corrected chi connectivity index (χ4v) is 3.17. The predicted molar refractivity (Wildman–Crippen MR) is 107 cm³/mol. The highest BCUT2D eigenvalue weighted by atomic mass is 16.5. The van der Waals surface area contributed by atoms with E-state index in [-0.39, 0.29) is 11.9 Å². The molecule has 0 atom stereocenters. The Kier molecular flexibility index (Phi) is 5.75. The zero-order valence-corrected chi connectivity index (χ0v) is 16.0. The third-order valence-electron chi connectivity index (χ3n) is 4.42. The molecule has 3 aromatic rings. The number of rotatable bonds is 6. The molecule has 0 aliphatic heterocycles. The van der Waals surface area contributed by atoms with E-state index in [1.807, 2.05) is 63.2 Å². The second-order valence-electron chi connectivity index (χ2n) is 6.70. The van der Waals surface area contributed by atoms with E-state index in [1.54, 1.807) is 0 Å². The molecule has 0 amide bonds. The van der Waals surface area contributed by atoms with Gasteiger partial charge in [-0.25, -0.2) is 0 Å². The minimum atomic E-state index is -0.264. The normalized spacial score (nSPS) is 10.9. The smallest absolute Gasteiger partial charge is 0.311 e. The minimum Gasteiger partial charge on any atom is -0.425 e. The van der Waals surface area contributed by atoms with Gasteiger partial charge >= 0.3 is 11.9 Å². The number of aryl methyl sites for hydroxylation is 1. The van der Waals surface area contributed by atoms with Crippen LogP contribution in [0, 0.1) is 6.92 Å². The summed E-state index contributed by atoms with van der Waals surface area (Å²) in [5.41, 5.74) is 1.04. The lowest BCUT2D eigenvalue weighted by molar-refractivity contribution is -0.135. The van der Waals surface area contributed by atoms with Crippen LogP contribution in [0.15, 0.2) is 42.5 Å². The van der Waals surface area contributed by atoms with Crippen LogP contribution in [0.1, 0.15) is 45.1 Å². The van der Waals surface area contributed by atoms with Crippen molar-refractivity contribution in [3.8, 4) is 11.5 Å². The monoisotopic (exact) mass is 364 g/mol. The van der Waals surface area contributed by atoms with Gasteiger partial charge < -0.3 is 9.47 Å². The molecule has 27 heavy (non-hydrogen) atoms. The highest BCUT2D eigenvalue weighted by Crippen LogP contribution is 2.43. The molecule has 3 aromatic carbocycles. The summed E-state index contributed by atoms with van der Waals surface area (Å²) in [6.07, 6.45) is 2.16. The number of hydrogen-bond acceptors (Lipinski definition) is 4. The van der Waals surface area contributed by atoms with Crippen molar-refractivity contribution in [3.05, 3.63) is 48.0 Å². The average molecular weight is 364 g/mol. The molecule has 0 spiro atoms. The van der Waals surface area contributed by atoms with E-state index in [0.29, 0.717) is 24.3 Å². The van der Waals surface area contributed by atoms with E-state index in [4.69, 9.17) is 9.47 Å². The third kappa shape index (κ3) is 3.95. The first-order valence-electron chi connectivity index (χ1n) is 9.41. The van der Waals surface area contributed by atoms with Crippen molar-refractivity contribution < 1.29 is 19.1 Å². The quantitative estimate of drug-likeness (QED) is 0.319. The number of benzene rings is 3. The molecule has 0 unspecified atom stereocenters. The zero-order chi connectivity index (χ0) is 19.4. The number of carbonyl (C=O) groups is 2. The lowest BCUT2D eigenvalue weighted by Gasteiger charge is -2.16. The van der Waals surface area contributed by atoms with Crippen molar-refractivity contribution in [1.82, 2.24) is 0 Å². The number of ether oxygens (including phenoxy) is 2. The van der Waals surface area contributed by atoms with Gasteiger partial charge in [0.15, 0.2) is 0 Å². The second-order valence-corrected chi connectivity index (χ2v) is 6.70. The van der Waals surface area contributed by atoms with E-state index in [9.17, 15) is 9.59 Å². The molecule has 0 aliphatic rings. The molecule has 3 rings (SSSR count). The van der Waals surface area contributed by atoms with Gasteiger partial charge in [-0.05, 0) is 25.8 Å². The van der Waals surface area contributed by atoms with Gasteiger partial charge in [0, 0.05) is 34.4 Å². The lowest BCUT2D eigenvalue weighted by atomic mass is 9.99. The minimum absolute atomic E-state index is 0.263. The predicted octanol–water partition coefficient (Wildman–Crippen LogP) is 5.71. The maximum atomic E-state index is 12.2. The van der Waals surface area contributed by atoms with Gasteiger partial charge in [0.1, 0.15) is 11.5 Å². The maximum absolute atomic E-state index is 12.2. The Hall–Kier alpha value is -2.88. The van der Waals surface area contributed by atoms with Crippen molar-refractivity contribution in [1.29, 1.82) is 0 Å². The van der Waals surface area contributed by atoms with Crippen LogP contribution in [-0.4, -0.2) is 11.9 Å². The first-order valence-corrected chi connectivity index (χ1v) is 9.41. The summed E-state index contributed by atoms with van der Waals surface area (Å²) in [6.45, 7) is 5.87. The van der Waals surface area contributed by atoms with Gasteiger partial charge in [0.2, 0.25) is 0 Å². The topological polar surface area (TPSA) is 52.6 Å². The molecule has 0 heterocycles. The number of fused-ring (bicyclic) bond motifs is 2. The Labute approximate surface area is 159 Å². The molecule has 4 heteroatoms. The van der Waals surface area contributed by atoms with E-state index in [0.717, 1.165) is 39.9 Å². The van der Waals surface area contributed by atoms with Crippen molar-refractivity contribution in [2.75, 3.05) is 0 Å². The Morgan fingerprint density at radius 3 is 1.74 bits per heavy atom. The summed E-state index contributed by atoms with van der Waals surface area (Å²) in [6, 6.07) is 13.4. The molecule has 0 saturated heterocycles. The fraction of sp³-hybridized carbons (Fsp3) is 0.304. The Balaban J connectivity index is 2.29. The number of carbonyl (C=O) groups excluding carboxylic acids is 2. The van der Waals surface area contributed by atoms with Gasteiger partial charge in [0.25, 0.3) is 0 Å². The molecule has 0 N–H and O–H groups in total. The van der Waals surface area contributed by atoms with Gasteiger partial charge in [0.05, 0.1) is 0 Å². The summed E-state index contributed by atoms with van der Waals surface area (Å²) in [5.74, 6) is 0.522. The SMILES string of the molecule is CCCC(=O)Oc1c2ccccc2c(OC(=O)CCC)c2cc(C)ccc12. The summed E-state index contributed by atoms with van der Waals surface area (Å²) >= 11 is 0. The highest BCUT2D eigenvalue weighted by Gasteiger charge is 2.19. The van der Waals surface area contributed by atoms with Crippen LogP contribution < -0.4 is 9.47 Å². The molecule has 0 bridgehead atoms. The Morgan fingerprint density at radius 2 is 1.22 bits per heavy atom. The number of hydrogen-bond donors (Lipinski definition) is 0. The molecule has 0 saturated carbocycles. The van der Waals surface area contributed by atoms with E-state index in [1.165, 1.54) is 0 Å². The van der Waals surface area contributed by atoms with E-state index in [2.05, 4.69) is 0 Å². The molecule has 0 radical (unpaired) electrons. The van der Waals surface area contributed by atoms with Crippen LogP contribution in [0.3, 0.4) is 0 Å². The molecule has 4 nitrogen and oxygen atoms in total.